The van der Waals surface area contributed by atoms with Gasteiger partial charge in [0.25, 0.3) is 0 Å². The van der Waals surface area contributed by atoms with E-state index in [1.54, 1.807) is 0 Å². The van der Waals surface area contributed by atoms with Gasteiger partial charge in [-0.1, -0.05) is 0 Å². The summed E-state index contributed by atoms with van der Waals surface area (Å²) in [6.07, 6.45) is 0.914. The first-order valence-corrected chi connectivity index (χ1v) is 8.87. The van der Waals surface area contributed by atoms with Crippen LogP contribution in [0, 0.1) is 11.6 Å². The number of benzene rings is 1. The van der Waals surface area contributed by atoms with Crippen LogP contribution in [0.2, 0.25) is 0 Å². The Labute approximate surface area is 133 Å². The van der Waals surface area contributed by atoms with E-state index < -0.39 is 33.6 Å². The van der Waals surface area contributed by atoms with Crippen molar-refractivity contribution >= 4 is 21.6 Å². The molecule has 0 unspecified atom stereocenters. The summed E-state index contributed by atoms with van der Waals surface area (Å²) in [7, 11) is -3.87. The average Bonchev–Trinajstić information content (AvgIpc) is 2.49. The van der Waals surface area contributed by atoms with Crippen LogP contribution in [-0.2, 0) is 19.6 Å². The van der Waals surface area contributed by atoms with Crippen molar-refractivity contribution in [1.82, 2.24) is 4.90 Å². The van der Waals surface area contributed by atoms with E-state index in [1.807, 2.05) is 0 Å². The molecule has 0 N–H and O–H groups in total. The minimum atomic E-state index is -3.87. The average molecular weight is 348 g/mol. The number of hydrogen-bond donors (Lipinski definition) is 0. The molecule has 1 saturated heterocycles. The van der Waals surface area contributed by atoms with Crippen molar-refractivity contribution in [2.24, 2.45) is 0 Å². The van der Waals surface area contributed by atoms with Crippen LogP contribution >= 0.6 is 0 Å². The third-order valence-electron chi connectivity index (χ3n) is 3.55. The fourth-order valence-electron chi connectivity index (χ4n) is 2.47. The molecular formula is C14H18F2N2O4S. The molecule has 128 valence electrons. The van der Waals surface area contributed by atoms with Crippen molar-refractivity contribution < 1.29 is 26.7 Å². The van der Waals surface area contributed by atoms with E-state index in [9.17, 15) is 22.0 Å². The maximum absolute atomic E-state index is 13.4. The van der Waals surface area contributed by atoms with Gasteiger partial charge in [0.2, 0.25) is 15.9 Å². The molecule has 1 heterocycles. The predicted molar refractivity (Wildman–Crippen MR) is 80.5 cm³/mol. The van der Waals surface area contributed by atoms with E-state index in [2.05, 4.69) is 0 Å². The van der Waals surface area contributed by atoms with Crippen LogP contribution in [0.4, 0.5) is 14.5 Å². The number of ether oxygens (including phenoxy) is 1. The minimum absolute atomic E-state index is 0.0968. The summed E-state index contributed by atoms with van der Waals surface area (Å²) in [5.41, 5.74) is -0.0968. The van der Waals surface area contributed by atoms with Crippen LogP contribution < -0.4 is 4.31 Å². The summed E-state index contributed by atoms with van der Waals surface area (Å²) >= 11 is 0. The van der Waals surface area contributed by atoms with E-state index >= 15 is 0 Å². The molecule has 1 aliphatic heterocycles. The Bertz CT molecular complexity index is 690. The molecule has 2 rings (SSSR count). The van der Waals surface area contributed by atoms with Gasteiger partial charge in [0.05, 0.1) is 25.2 Å². The number of hydrogen-bond acceptors (Lipinski definition) is 4. The van der Waals surface area contributed by atoms with E-state index in [0.717, 1.165) is 28.8 Å². The van der Waals surface area contributed by atoms with Crippen molar-refractivity contribution in [1.29, 1.82) is 0 Å². The predicted octanol–water partition coefficient (Wildman–Crippen LogP) is 0.978. The Hall–Kier alpha value is -1.74. The largest absolute Gasteiger partial charge is 0.378 e. The highest BCUT2D eigenvalue weighted by Crippen LogP contribution is 2.24. The first-order valence-electron chi connectivity index (χ1n) is 7.03. The van der Waals surface area contributed by atoms with E-state index in [0.29, 0.717) is 26.3 Å². The molecule has 0 aliphatic carbocycles. The SMILES string of the molecule is C[C@@H](C(=O)N1CCOCC1)N(c1ccc(F)c(F)c1)S(C)(=O)=O. The second-order valence-corrected chi connectivity index (χ2v) is 7.13. The third-order valence-corrected chi connectivity index (χ3v) is 4.79. The molecule has 0 bridgehead atoms. The van der Waals surface area contributed by atoms with Gasteiger partial charge in [-0.05, 0) is 19.1 Å². The highest BCUT2D eigenvalue weighted by Gasteiger charge is 2.33. The number of rotatable bonds is 4. The van der Waals surface area contributed by atoms with Crippen LogP contribution in [0.1, 0.15) is 6.92 Å². The summed E-state index contributed by atoms with van der Waals surface area (Å²) in [6.45, 7) is 2.89. The van der Waals surface area contributed by atoms with Gasteiger partial charge < -0.3 is 9.64 Å². The molecule has 6 nitrogen and oxygen atoms in total. The summed E-state index contributed by atoms with van der Waals surface area (Å²) in [5.74, 6) is -2.68. The molecule has 1 aliphatic rings. The smallest absolute Gasteiger partial charge is 0.246 e. The standard InChI is InChI=1S/C14H18F2N2O4S/c1-10(14(19)17-5-7-22-8-6-17)18(23(2,20)21)11-3-4-12(15)13(16)9-11/h3-4,9-10H,5-8H2,1-2H3/t10-/m0/s1. The molecule has 0 radical (unpaired) electrons. The lowest BCUT2D eigenvalue weighted by atomic mass is 10.2. The van der Waals surface area contributed by atoms with Crippen molar-refractivity contribution in [3.05, 3.63) is 29.8 Å². The van der Waals surface area contributed by atoms with Crippen molar-refractivity contribution in [3.63, 3.8) is 0 Å². The lowest BCUT2D eigenvalue weighted by molar-refractivity contribution is -0.136. The molecule has 0 spiro atoms. The Morgan fingerprint density at radius 1 is 1.26 bits per heavy atom. The van der Waals surface area contributed by atoms with Gasteiger partial charge >= 0.3 is 0 Å². The fourth-order valence-corrected chi connectivity index (χ4v) is 3.63. The zero-order valence-electron chi connectivity index (χ0n) is 12.8. The molecule has 1 aromatic rings. The number of sulfonamides is 1. The highest BCUT2D eigenvalue weighted by atomic mass is 32.2. The number of anilines is 1. The number of amides is 1. The van der Waals surface area contributed by atoms with Crippen LogP contribution in [0.3, 0.4) is 0 Å². The normalized spacial score (nSPS) is 17.0. The Morgan fingerprint density at radius 2 is 1.87 bits per heavy atom. The Balaban J connectivity index is 2.34. The van der Waals surface area contributed by atoms with Crippen molar-refractivity contribution in [2.45, 2.75) is 13.0 Å². The zero-order chi connectivity index (χ0) is 17.2. The van der Waals surface area contributed by atoms with Gasteiger partial charge in [0.1, 0.15) is 6.04 Å². The highest BCUT2D eigenvalue weighted by molar-refractivity contribution is 7.92. The monoisotopic (exact) mass is 348 g/mol. The molecular weight excluding hydrogens is 330 g/mol. The molecule has 0 saturated carbocycles. The second kappa shape index (κ2) is 6.79. The van der Waals surface area contributed by atoms with Crippen LogP contribution in [0.5, 0.6) is 0 Å². The summed E-state index contributed by atoms with van der Waals surface area (Å²) < 4.78 is 56.6. The van der Waals surface area contributed by atoms with Crippen molar-refractivity contribution in [3.8, 4) is 0 Å². The third kappa shape index (κ3) is 3.97. The second-order valence-electron chi connectivity index (χ2n) is 5.27. The summed E-state index contributed by atoms with van der Waals surface area (Å²) in [4.78, 5) is 14.0. The molecule has 1 amide bonds. The number of morpholine rings is 1. The molecule has 0 aromatic heterocycles. The van der Waals surface area contributed by atoms with Crippen LogP contribution in [0.15, 0.2) is 18.2 Å². The topological polar surface area (TPSA) is 66.9 Å². The minimum Gasteiger partial charge on any atom is -0.378 e. The van der Waals surface area contributed by atoms with Gasteiger partial charge in [0.15, 0.2) is 11.6 Å². The number of nitrogens with zero attached hydrogens (tertiary/aromatic N) is 2. The first-order chi connectivity index (χ1) is 10.7. The van der Waals surface area contributed by atoms with Crippen LogP contribution in [0.25, 0.3) is 0 Å². The maximum atomic E-state index is 13.4. The van der Waals surface area contributed by atoms with E-state index in [1.165, 1.54) is 11.8 Å². The maximum Gasteiger partial charge on any atom is 0.246 e. The molecule has 23 heavy (non-hydrogen) atoms. The zero-order valence-corrected chi connectivity index (χ0v) is 13.6. The molecule has 1 aromatic carbocycles. The van der Waals surface area contributed by atoms with Gasteiger partial charge in [-0.15, -0.1) is 0 Å². The lowest BCUT2D eigenvalue weighted by Crippen LogP contribution is -2.52. The number of carbonyl (C=O) groups is 1. The lowest BCUT2D eigenvalue weighted by Gasteiger charge is -2.34. The first kappa shape index (κ1) is 17.6. The van der Waals surface area contributed by atoms with Crippen molar-refractivity contribution in [2.75, 3.05) is 36.9 Å². The number of carbonyl (C=O) groups excluding carboxylic acids is 1. The number of halogens is 2. The quantitative estimate of drug-likeness (QED) is 0.813. The fraction of sp³-hybridized carbons (Fsp3) is 0.500. The molecule has 1 atom stereocenters. The summed E-state index contributed by atoms with van der Waals surface area (Å²) in [5, 5.41) is 0. The van der Waals surface area contributed by atoms with Gasteiger partial charge in [-0.2, -0.15) is 0 Å². The van der Waals surface area contributed by atoms with E-state index in [-0.39, 0.29) is 5.69 Å². The van der Waals surface area contributed by atoms with Gasteiger partial charge in [-0.25, -0.2) is 17.2 Å². The molecule has 1 fully saturated rings. The Kier molecular flexibility index (Phi) is 5.20. The molecule has 9 heteroatoms. The Morgan fingerprint density at radius 3 is 2.39 bits per heavy atom. The van der Waals surface area contributed by atoms with Gasteiger partial charge in [-0.3, -0.25) is 9.10 Å². The van der Waals surface area contributed by atoms with E-state index in [4.69, 9.17) is 4.74 Å². The van der Waals surface area contributed by atoms with Crippen LogP contribution in [-0.4, -0.2) is 57.8 Å². The van der Waals surface area contributed by atoms with Gasteiger partial charge in [0, 0.05) is 19.2 Å². The summed E-state index contributed by atoms with van der Waals surface area (Å²) in [6, 6.07) is 1.64.